The van der Waals surface area contributed by atoms with Crippen molar-refractivity contribution in [2.24, 2.45) is 5.92 Å². The van der Waals surface area contributed by atoms with Gasteiger partial charge in [-0.25, -0.2) is 5.48 Å². The number of fused-ring (bicyclic) bond motifs is 1. The van der Waals surface area contributed by atoms with Gasteiger partial charge in [0.15, 0.2) is 0 Å². The Kier molecular flexibility index (Phi) is 7.51. The lowest BCUT2D eigenvalue weighted by Crippen LogP contribution is -2.61. The summed E-state index contributed by atoms with van der Waals surface area (Å²) in [7, 11) is 0. The fraction of sp³-hybridized carbons (Fsp3) is 0.393. The van der Waals surface area contributed by atoms with Crippen LogP contribution in [0.15, 0.2) is 71.9 Å². The van der Waals surface area contributed by atoms with Gasteiger partial charge in [-0.15, -0.1) is 0 Å². The standard InChI is InChI=1S/C28H30ClN3O4/c29-19-14-12-18(13-15-19)26-25(27(34)31-36-17-20-7-5-6-16-30-20)21-8-1-2-9-22(21)28(35)32(26)23-10-3-4-11-24(23)33/h1-2,5-9,12,14-16,18,23-26,33H,3-4,10-11,13,17H2,(H,31,34)/t18?,23-,24-,25+,26-/m1/s1. The van der Waals surface area contributed by atoms with Gasteiger partial charge in [0.2, 0.25) is 0 Å². The van der Waals surface area contributed by atoms with Gasteiger partial charge in [-0.2, -0.15) is 0 Å². The number of hydroxylamine groups is 1. The van der Waals surface area contributed by atoms with Crippen LogP contribution in [0.3, 0.4) is 0 Å². The zero-order chi connectivity index (χ0) is 25.1. The van der Waals surface area contributed by atoms with Crippen molar-refractivity contribution in [2.45, 2.75) is 62.8 Å². The van der Waals surface area contributed by atoms with Crippen molar-refractivity contribution in [3.05, 3.63) is 88.7 Å². The summed E-state index contributed by atoms with van der Waals surface area (Å²) < 4.78 is 0. The lowest BCUT2D eigenvalue weighted by Gasteiger charge is -2.50. The molecule has 36 heavy (non-hydrogen) atoms. The molecule has 1 saturated carbocycles. The van der Waals surface area contributed by atoms with Crippen molar-refractivity contribution in [2.75, 3.05) is 0 Å². The van der Waals surface area contributed by atoms with E-state index < -0.39 is 18.1 Å². The molecule has 1 aromatic carbocycles. The molecule has 1 aliphatic heterocycles. The van der Waals surface area contributed by atoms with Crippen LogP contribution in [0.25, 0.3) is 0 Å². The molecule has 1 fully saturated rings. The molecule has 5 atom stereocenters. The molecule has 188 valence electrons. The molecule has 0 saturated heterocycles. The number of nitrogens with zero attached hydrogens (tertiary/aromatic N) is 2. The number of benzene rings is 1. The summed E-state index contributed by atoms with van der Waals surface area (Å²) in [5.74, 6) is -1.31. The minimum Gasteiger partial charge on any atom is -0.391 e. The lowest BCUT2D eigenvalue weighted by molar-refractivity contribution is -0.139. The van der Waals surface area contributed by atoms with E-state index >= 15 is 0 Å². The van der Waals surface area contributed by atoms with Crippen LogP contribution in [0.5, 0.6) is 0 Å². The van der Waals surface area contributed by atoms with E-state index in [2.05, 4.69) is 10.5 Å². The third kappa shape index (κ3) is 4.96. The smallest absolute Gasteiger partial charge is 0.254 e. The fourth-order valence-corrected chi connectivity index (χ4v) is 5.87. The number of nitrogens with one attached hydrogen (secondary N) is 1. The molecule has 0 radical (unpaired) electrons. The zero-order valence-corrected chi connectivity index (χ0v) is 20.7. The van der Waals surface area contributed by atoms with Gasteiger partial charge in [0.1, 0.15) is 6.61 Å². The first-order valence-electron chi connectivity index (χ1n) is 12.5. The number of carbonyl (C=O) groups is 2. The van der Waals surface area contributed by atoms with Gasteiger partial charge in [0.05, 0.1) is 29.8 Å². The summed E-state index contributed by atoms with van der Waals surface area (Å²) >= 11 is 6.21. The summed E-state index contributed by atoms with van der Waals surface area (Å²) in [4.78, 5) is 39.3. The first kappa shape index (κ1) is 24.7. The molecule has 3 aliphatic rings. The first-order chi connectivity index (χ1) is 17.5. The number of rotatable bonds is 6. The Morgan fingerprint density at radius 1 is 1.17 bits per heavy atom. The van der Waals surface area contributed by atoms with Gasteiger partial charge in [0, 0.05) is 22.7 Å². The highest BCUT2D eigenvalue weighted by Crippen LogP contribution is 2.43. The molecule has 2 aliphatic carbocycles. The predicted octanol–water partition coefficient (Wildman–Crippen LogP) is 4.24. The Hall–Kier alpha value is -3.00. The van der Waals surface area contributed by atoms with Crippen molar-refractivity contribution in [1.29, 1.82) is 0 Å². The summed E-state index contributed by atoms with van der Waals surface area (Å²) in [5, 5.41) is 11.6. The number of allylic oxidation sites excluding steroid dienone is 3. The summed E-state index contributed by atoms with van der Waals surface area (Å²) in [5.41, 5.74) is 4.47. The van der Waals surface area contributed by atoms with Gasteiger partial charge in [-0.1, -0.05) is 60.9 Å². The number of hydrogen-bond donors (Lipinski definition) is 2. The van der Waals surface area contributed by atoms with Crippen LogP contribution >= 0.6 is 11.6 Å². The Labute approximate surface area is 215 Å². The highest BCUT2D eigenvalue weighted by atomic mass is 35.5. The van der Waals surface area contributed by atoms with E-state index in [4.69, 9.17) is 16.4 Å². The summed E-state index contributed by atoms with van der Waals surface area (Å²) in [6.45, 7) is 0.122. The molecule has 8 heteroatoms. The number of amides is 2. The van der Waals surface area contributed by atoms with Gasteiger partial charge < -0.3 is 10.0 Å². The molecule has 2 heterocycles. The predicted molar refractivity (Wildman–Crippen MR) is 136 cm³/mol. The first-order valence-corrected chi connectivity index (χ1v) is 12.9. The third-order valence-corrected chi connectivity index (χ3v) is 7.68. The molecule has 1 unspecified atom stereocenters. The fourth-order valence-electron chi connectivity index (χ4n) is 5.71. The van der Waals surface area contributed by atoms with Crippen molar-refractivity contribution in [3.63, 3.8) is 0 Å². The van der Waals surface area contributed by atoms with Gasteiger partial charge in [-0.05, 0) is 49.1 Å². The average Bonchev–Trinajstić information content (AvgIpc) is 2.90. The quantitative estimate of drug-likeness (QED) is 0.571. The Bertz CT molecular complexity index is 1170. The lowest BCUT2D eigenvalue weighted by atomic mass is 9.73. The van der Waals surface area contributed by atoms with Crippen LogP contribution in [0.4, 0.5) is 0 Å². The average molecular weight is 508 g/mol. The van der Waals surface area contributed by atoms with E-state index in [1.165, 1.54) is 0 Å². The van der Waals surface area contributed by atoms with E-state index in [1.807, 2.05) is 54.6 Å². The highest BCUT2D eigenvalue weighted by Gasteiger charge is 2.50. The summed E-state index contributed by atoms with van der Waals surface area (Å²) in [6, 6.07) is 11.9. The maximum atomic E-state index is 13.9. The minimum atomic E-state index is -0.684. The third-order valence-electron chi connectivity index (χ3n) is 7.40. The number of aromatic nitrogens is 1. The molecule has 2 amide bonds. The van der Waals surface area contributed by atoms with E-state index in [-0.39, 0.29) is 30.4 Å². The molecule has 1 aromatic heterocycles. The Balaban J connectivity index is 1.51. The zero-order valence-electron chi connectivity index (χ0n) is 19.9. The Morgan fingerprint density at radius 2 is 1.97 bits per heavy atom. The van der Waals surface area contributed by atoms with Crippen LogP contribution in [-0.2, 0) is 16.2 Å². The van der Waals surface area contributed by atoms with Gasteiger partial charge >= 0.3 is 0 Å². The van der Waals surface area contributed by atoms with Crippen LogP contribution in [0, 0.1) is 5.92 Å². The van der Waals surface area contributed by atoms with Crippen LogP contribution in [0.1, 0.15) is 59.6 Å². The normalized spacial score (nSPS) is 27.8. The molecule has 0 spiro atoms. The number of halogens is 1. The maximum absolute atomic E-state index is 13.9. The summed E-state index contributed by atoms with van der Waals surface area (Å²) in [6.07, 6.45) is 10.5. The number of pyridine rings is 1. The molecule has 2 N–H and O–H groups in total. The van der Waals surface area contributed by atoms with E-state index in [0.29, 0.717) is 41.1 Å². The molecule has 2 aromatic rings. The molecule has 7 nitrogen and oxygen atoms in total. The Morgan fingerprint density at radius 3 is 2.72 bits per heavy atom. The van der Waals surface area contributed by atoms with Crippen LogP contribution in [-0.4, -0.2) is 45.0 Å². The van der Waals surface area contributed by atoms with Crippen molar-refractivity contribution in [3.8, 4) is 0 Å². The largest absolute Gasteiger partial charge is 0.391 e. The van der Waals surface area contributed by atoms with Gasteiger partial charge in [-0.3, -0.25) is 19.4 Å². The monoisotopic (exact) mass is 507 g/mol. The SMILES string of the molecule is O=C(NOCc1ccccn1)[C@H]1c2ccccc2C(=O)N([C@@H]2CCCC[C@H]2O)[C@@H]1C1C=CC(Cl)=CC1. The van der Waals surface area contributed by atoms with E-state index in [0.717, 1.165) is 12.8 Å². The van der Waals surface area contributed by atoms with Crippen molar-refractivity contribution < 1.29 is 19.5 Å². The molecule has 0 bridgehead atoms. The van der Waals surface area contributed by atoms with Crippen molar-refractivity contribution >= 4 is 23.4 Å². The second-order valence-corrected chi connectivity index (χ2v) is 10.0. The number of aliphatic hydroxyl groups is 1. The maximum Gasteiger partial charge on any atom is 0.254 e. The molecular weight excluding hydrogens is 478 g/mol. The number of carbonyl (C=O) groups excluding carboxylic acids is 2. The molecule has 5 rings (SSSR count). The van der Waals surface area contributed by atoms with E-state index in [9.17, 15) is 14.7 Å². The van der Waals surface area contributed by atoms with Crippen LogP contribution in [0.2, 0.25) is 0 Å². The number of hydrogen-bond acceptors (Lipinski definition) is 5. The topological polar surface area (TPSA) is 91.8 Å². The number of aliphatic hydroxyl groups excluding tert-OH is 1. The van der Waals surface area contributed by atoms with Gasteiger partial charge in [0.25, 0.3) is 11.8 Å². The highest BCUT2D eigenvalue weighted by molar-refractivity contribution is 6.31. The minimum absolute atomic E-state index is 0.122. The second-order valence-electron chi connectivity index (χ2n) is 9.61. The molecular formula is C28H30ClN3O4. The van der Waals surface area contributed by atoms with Crippen molar-refractivity contribution in [1.82, 2.24) is 15.4 Å². The second kappa shape index (κ2) is 10.9. The van der Waals surface area contributed by atoms with Crippen LogP contribution < -0.4 is 5.48 Å². The van der Waals surface area contributed by atoms with E-state index in [1.54, 1.807) is 17.2 Å².